The first kappa shape index (κ1) is 13.8. The number of nitrogens with zero attached hydrogens (tertiary/aromatic N) is 2. The van der Waals surface area contributed by atoms with Crippen LogP contribution in [-0.2, 0) is 20.1 Å². The number of carboxylic acid groups (broad SMARTS) is 1. The largest absolute Gasteiger partial charge is 0.478 e. The van der Waals surface area contributed by atoms with Crippen molar-refractivity contribution in [1.82, 2.24) is 14.9 Å². The predicted octanol–water partition coefficient (Wildman–Crippen LogP) is 2.17. The van der Waals surface area contributed by atoms with Gasteiger partial charge in [0.15, 0.2) is 0 Å². The molecule has 0 spiro atoms. The van der Waals surface area contributed by atoms with Gasteiger partial charge in [-0.15, -0.1) is 0 Å². The summed E-state index contributed by atoms with van der Waals surface area (Å²) in [6, 6.07) is 5.02. The molecule has 6 heteroatoms. The van der Waals surface area contributed by atoms with E-state index in [-0.39, 0.29) is 5.56 Å². The van der Waals surface area contributed by atoms with Gasteiger partial charge >= 0.3 is 5.97 Å². The lowest BCUT2D eigenvalue weighted by molar-refractivity contribution is 0.0697. The number of aryl methyl sites for hydroxylation is 1. The molecule has 2 aromatic rings. The molecule has 0 aliphatic rings. The minimum absolute atomic E-state index is 0.278. The van der Waals surface area contributed by atoms with E-state index in [4.69, 9.17) is 5.11 Å². The molecule has 0 aliphatic carbocycles. The zero-order chi connectivity index (χ0) is 13.8. The lowest BCUT2D eigenvalue weighted by atomic mass is 10.1. The minimum atomic E-state index is -0.923. The van der Waals surface area contributed by atoms with E-state index in [1.54, 1.807) is 24.4 Å². The van der Waals surface area contributed by atoms with Gasteiger partial charge < -0.3 is 15.0 Å². The number of hydrogen-bond acceptors (Lipinski definition) is 3. The molecule has 1 aromatic carbocycles. The molecular formula is C13H14BrN3O2. The highest BCUT2D eigenvalue weighted by atomic mass is 79.9. The summed E-state index contributed by atoms with van der Waals surface area (Å²) in [6.07, 6.45) is 3.66. The average molecular weight is 324 g/mol. The topological polar surface area (TPSA) is 67.2 Å². The molecular weight excluding hydrogens is 310 g/mol. The van der Waals surface area contributed by atoms with Crippen molar-refractivity contribution in [1.29, 1.82) is 0 Å². The second-order valence-electron chi connectivity index (χ2n) is 4.17. The van der Waals surface area contributed by atoms with Crippen molar-refractivity contribution in [2.45, 2.75) is 13.1 Å². The number of rotatable bonds is 5. The highest BCUT2D eigenvalue weighted by Crippen LogP contribution is 2.18. The fourth-order valence-electron chi connectivity index (χ4n) is 1.70. The van der Waals surface area contributed by atoms with Gasteiger partial charge in [-0.25, -0.2) is 9.78 Å². The van der Waals surface area contributed by atoms with Gasteiger partial charge in [0.25, 0.3) is 0 Å². The van der Waals surface area contributed by atoms with Crippen molar-refractivity contribution >= 4 is 21.9 Å². The molecule has 100 valence electrons. The Bertz CT molecular complexity index is 595. The number of aromatic carboxylic acids is 1. The Kier molecular flexibility index (Phi) is 4.34. The number of nitrogens with one attached hydrogen (secondary N) is 1. The van der Waals surface area contributed by atoms with Crippen LogP contribution < -0.4 is 5.32 Å². The van der Waals surface area contributed by atoms with Crippen LogP contribution >= 0.6 is 15.9 Å². The quantitative estimate of drug-likeness (QED) is 0.885. The molecule has 0 saturated heterocycles. The first-order valence-corrected chi connectivity index (χ1v) is 6.56. The molecule has 1 aromatic heterocycles. The Morgan fingerprint density at radius 2 is 2.26 bits per heavy atom. The van der Waals surface area contributed by atoms with Crippen molar-refractivity contribution in [3.05, 3.63) is 52.0 Å². The highest BCUT2D eigenvalue weighted by molar-refractivity contribution is 9.10. The van der Waals surface area contributed by atoms with Crippen LogP contribution in [0.2, 0.25) is 0 Å². The summed E-state index contributed by atoms with van der Waals surface area (Å²) in [6.45, 7) is 1.31. The smallest absolute Gasteiger partial charge is 0.335 e. The number of carboxylic acids is 1. The number of aromatic nitrogens is 2. The van der Waals surface area contributed by atoms with Crippen molar-refractivity contribution in [3.63, 3.8) is 0 Å². The van der Waals surface area contributed by atoms with E-state index in [1.165, 1.54) is 0 Å². The lowest BCUT2D eigenvalue weighted by Gasteiger charge is -2.08. The molecule has 0 amide bonds. The van der Waals surface area contributed by atoms with E-state index in [0.717, 1.165) is 15.9 Å². The van der Waals surface area contributed by atoms with Crippen LogP contribution in [0, 0.1) is 0 Å². The van der Waals surface area contributed by atoms with Gasteiger partial charge in [-0.3, -0.25) is 0 Å². The SMILES string of the molecule is Cn1ccnc1CNCc1ccc(C(=O)O)cc1Br. The van der Waals surface area contributed by atoms with Crippen LogP contribution in [-0.4, -0.2) is 20.6 Å². The summed E-state index contributed by atoms with van der Waals surface area (Å²) in [4.78, 5) is 15.0. The zero-order valence-corrected chi connectivity index (χ0v) is 12.0. The van der Waals surface area contributed by atoms with Crippen molar-refractivity contribution in [2.24, 2.45) is 7.05 Å². The summed E-state index contributed by atoms with van der Waals surface area (Å²) in [5, 5.41) is 12.2. The van der Waals surface area contributed by atoms with E-state index in [2.05, 4.69) is 26.2 Å². The van der Waals surface area contributed by atoms with E-state index >= 15 is 0 Å². The standard InChI is InChI=1S/C13H14BrN3O2/c1-17-5-4-16-12(17)8-15-7-10-3-2-9(13(18)19)6-11(10)14/h2-6,15H,7-8H2,1H3,(H,18,19). The highest BCUT2D eigenvalue weighted by Gasteiger charge is 2.07. The molecule has 0 aliphatic heterocycles. The molecule has 0 unspecified atom stereocenters. The maximum Gasteiger partial charge on any atom is 0.335 e. The lowest BCUT2D eigenvalue weighted by Crippen LogP contribution is -2.16. The van der Waals surface area contributed by atoms with Crippen LogP contribution in [0.4, 0.5) is 0 Å². The molecule has 0 saturated carbocycles. The van der Waals surface area contributed by atoms with Crippen molar-refractivity contribution in [3.8, 4) is 0 Å². The monoisotopic (exact) mass is 323 g/mol. The van der Waals surface area contributed by atoms with Crippen molar-refractivity contribution in [2.75, 3.05) is 0 Å². The summed E-state index contributed by atoms with van der Waals surface area (Å²) < 4.78 is 2.75. The molecule has 0 atom stereocenters. The zero-order valence-electron chi connectivity index (χ0n) is 10.4. The summed E-state index contributed by atoms with van der Waals surface area (Å²) >= 11 is 3.38. The Morgan fingerprint density at radius 1 is 1.47 bits per heavy atom. The van der Waals surface area contributed by atoms with Gasteiger partial charge in [-0.1, -0.05) is 22.0 Å². The molecule has 0 bridgehead atoms. The summed E-state index contributed by atoms with van der Waals surface area (Å²) in [5.74, 6) is 0.0338. The second-order valence-corrected chi connectivity index (χ2v) is 5.02. The molecule has 0 fully saturated rings. The molecule has 2 rings (SSSR count). The van der Waals surface area contributed by atoms with Crippen LogP contribution in [0.3, 0.4) is 0 Å². The van der Waals surface area contributed by atoms with Gasteiger partial charge in [0.05, 0.1) is 12.1 Å². The Balaban J connectivity index is 1.96. The summed E-state index contributed by atoms with van der Waals surface area (Å²) in [7, 11) is 1.95. The van der Waals surface area contributed by atoms with Crippen LogP contribution in [0.1, 0.15) is 21.7 Å². The fourth-order valence-corrected chi connectivity index (χ4v) is 2.22. The molecule has 5 nitrogen and oxygen atoms in total. The first-order valence-electron chi connectivity index (χ1n) is 5.76. The Hall–Kier alpha value is -1.66. The van der Waals surface area contributed by atoms with E-state index < -0.39 is 5.97 Å². The molecule has 1 heterocycles. The van der Waals surface area contributed by atoms with Gasteiger partial charge in [0.1, 0.15) is 5.82 Å². The van der Waals surface area contributed by atoms with Crippen LogP contribution in [0.15, 0.2) is 35.1 Å². The maximum atomic E-state index is 10.8. The number of imidazole rings is 1. The minimum Gasteiger partial charge on any atom is -0.478 e. The van der Waals surface area contributed by atoms with E-state index in [1.807, 2.05) is 17.8 Å². The van der Waals surface area contributed by atoms with E-state index in [0.29, 0.717) is 13.1 Å². The van der Waals surface area contributed by atoms with Gasteiger partial charge in [-0.2, -0.15) is 0 Å². The average Bonchev–Trinajstić information content (AvgIpc) is 2.77. The third kappa shape index (κ3) is 3.42. The number of hydrogen-bond donors (Lipinski definition) is 2. The number of halogens is 1. The Labute approximate surface area is 119 Å². The molecule has 0 radical (unpaired) electrons. The van der Waals surface area contributed by atoms with E-state index in [9.17, 15) is 4.79 Å². The third-order valence-electron chi connectivity index (χ3n) is 2.82. The fraction of sp³-hybridized carbons (Fsp3) is 0.231. The van der Waals surface area contributed by atoms with Crippen LogP contribution in [0.25, 0.3) is 0 Å². The predicted molar refractivity (Wildman–Crippen MR) is 74.9 cm³/mol. The maximum absolute atomic E-state index is 10.8. The molecule has 2 N–H and O–H groups in total. The molecule has 19 heavy (non-hydrogen) atoms. The van der Waals surface area contributed by atoms with Gasteiger partial charge in [-0.05, 0) is 17.7 Å². The van der Waals surface area contributed by atoms with Gasteiger partial charge in [0.2, 0.25) is 0 Å². The number of benzene rings is 1. The van der Waals surface area contributed by atoms with Crippen molar-refractivity contribution < 1.29 is 9.90 Å². The van der Waals surface area contributed by atoms with Gasteiger partial charge in [0, 0.05) is 30.5 Å². The third-order valence-corrected chi connectivity index (χ3v) is 3.56. The first-order chi connectivity index (χ1) is 9.08. The normalized spacial score (nSPS) is 10.6. The second kappa shape index (κ2) is 5.99. The Morgan fingerprint density at radius 3 is 2.84 bits per heavy atom. The van der Waals surface area contributed by atoms with Crippen LogP contribution in [0.5, 0.6) is 0 Å². The summed E-state index contributed by atoms with van der Waals surface area (Å²) in [5.41, 5.74) is 1.29. The number of carbonyl (C=O) groups is 1.